The molecule has 0 unspecified atom stereocenters. The number of nitrogen functional groups attached to an aromatic ring is 2. The Balaban J connectivity index is 2.37. The molecule has 2 nitrogen and oxygen atoms in total. The maximum Gasteiger partial charge on any atom is 0.0388 e. The van der Waals surface area contributed by atoms with Gasteiger partial charge in [0.05, 0.1) is 0 Å². The van der Waals surface area contributed by atoms with Crippen molar-refractivity contribution >= 4 is 11.4 Å². The van der Waals surface area contributed by atoms with Gasteiger partial charge in [0.25, 0.3) is 0 Å². The third-order valence-electron chi connectivity index (χ3n) is 9.07. The zero-order chi connectivity index (χ0) is 29.2. The molecule has 2 aromatic carbocycles. The van der Waals surface area contributed by atoms with E-state index in [-0.39, 0.29) is 5.92 Å². The standard InChI is InChI=1S/C38H64N2/c1-6-10-14-18-22-31-26-28-33(37(39)35(31)24-20-16-12-8-3)30(5)34-29-27-32(23-19-15-11-7-2)36(38(34)40)25-21-17-13-9-4/h26-30H,6-25,39-40H2,1-5H3. The molecule has 0 radical (unpaired) electrons. The molecule has 0 bridgehead atoms. The predicted octanol–water partition coefficient (Wildman–Crippen LogP) is 11.5. The van der Waals surface area contributed by atoms with Crippen LogP contribution in [0, 0.1) is 0 Å². The fraction of sp³-hybridized carbons (Fsp3) is 0.684. The summed E-state index contributed by atoms with van der Waals surface area (Å²) in [6.45, 7) is 11.5. The predicted molar refractivity (Wildman–Crippen MR) is 181 cm³/mol. The van der Waals surface area contributed by atoms with Crippen molar-refractivity contribution in [2.75, 3.05) is 11.5 Å². The van der Waals surface area contributed by atoms with E-state index in [1.165, 1.54) is 136 Å². The van der Waals surface area contributed by atoms with Crippen molar-refractivity contribution in [1.29, 1.82) is 0 Å². The third kappa shape index (κ3) is 10.8. The van der Waals surface area contributed by atoms with E-state index >= 15 is 0 Å². The van der Waals surface area contributed by atoms with Gasteiger partial charge in [-0.1, -0.05) is 136 Å². The molecule has 226 valence electrons. The summed E-state index contributed by atoms with van der Waals surface area (Å²) in [5.74, 6) is 0.201. The van der Waals surface area contributed by atoms with E-state index in [0.717, 1.165) is 37.1 Å². The smallest absolute Gasteiger partial charge is 0.0388 e. The first-order valence-electron chi connectivity index (χ1n) is 17.3. The molecule has 0 fully saturated rings. The fourth-order valence-corrected chi connectivity index (χ4v) is 6.38. The van der Waals surface area contributed by atoms with E-state index in [0.29, 0.717) is 0 Å². The summed E-state index contributed by atoms with van der Waals surface area (Å²) in [4.78, 5) is 0. The monoisotopic (exact) mass is 549 g/mol. The summed E-state index contributed by atoms with van der Waals surface area (Å²) < 4.78 is 0. The van der Waals surface area contributed by atoms with Crippen LogP contribution in [0.4, 0.5) is 11.4 Å². The van der Waals surface area contributed by atoms with E-state index in [9.17, 15) is 0 Å². The molecule has 0 aromatic heterocycles. The molecule has 4 N–H and O–H groups in total. The highest BCUT2D eigenvalue weighted by molar-refractivity contribution is 5.65. The van der Waals surface area contributed by atoms with Crippen molar-refractivity contribution < 1.29 is 0 Å². The molecule has 2 heteroatoms. The molecule has 0 saturated heterocycles. The number of hydrogen-bond donors (Lipinski definition) is 2. The van der Waals surface area contributed by atoms with Crippen LogP contribution in [0.2, 0.25) is 0 Å². The summed E-state index contributed by atoms with van der Waals surface area (Å²) in [7, 11) is 0. The second-order valence-corrected chi connectivity index (χ2v) is 12.4. The minimum atomic E-state index is 0.201. The van der Waals surface area contributed by atoms with Gasteiger partial charge >= 0.3 is 0 Å². The Morgan fingerprint density at radius 2 is 0.775 bits per heavy atom. The van der Waals surface area contributed by atoms with Gasteiger partial charge in [-0.3, -0.25) is 0 Å². The van der Waals surface area contributed by atoms with Crippen LogP contribution < -0.4 is 11.5 Å². The van der Waals surface area contributed by atoms with E-state index in [2.05, 4.69) is 58.9 Å². The molecule has 0 atom stereocenters. The van der Waals surface area contributed by atoms with Gasteiger partial charge in [-0.15, -0.1) is 0 Å². The Hall–Kier alpha value is -1.96. The van der Waals surface area contributed by atoms with Crippen molar-refractivity contribution in [3.63, 3.8) is 0 Å². The highest BCUT2D eigenvalue weighted by Gasteiger charge is 2.21. The SMILES string of the molecule is CCCCCCc1ccc(C(C)c2ccc(CCCCCC)c(CCCCCC)c2N)c(N)c1CCCCCC. The highest BCUT2D eigenvalue weighted by Crippen LogP contribution is 2.38. The first-order valence-corrected chi connectivity index (χ1v) is 17.3. The lowest BCUT2D eigenvalue weighted by molar-refractivity contribution is 0.650. The molecule has 40 heavy (non-hydrogen) atoms. The summed E-state index contributed by atoms with van der Waals surface area (Å²) in [5, 5.41) is 0. The Bertz CT molecular complexity index is 883. The minimum Gasteiger partial charge on any atom is -0.398 e. The number of nitrogens with two attached hydrogens (primary N) is 2. The molecule has 0 saturated carbocycles. The number of hydrogen-bond acceptors (Lipinski definition) is 2. The third-order valence-corrected chi connectivity index (χ3v) is 9.07. The second-order valence-electron chi connectivity index (χ2n) is 12.4. The van der Waals surface area contributed by atoms with Gasteiger partial charge in [0, 0.05) is 17.3 Å². The molecule has 0 heterocycles. The van der Waals surface area contributed by atoms with Gasteiger partial charge in [-0.05, 0) is 84.7 Å². The lowest BCUT2D eigenvalue weighted by Crippen LogP contribution is -2.11. The molecule has 0 aliphatic carbocycles. The number of benzene rings is 2. The first kappa shape index (κ1) is 34.2. The zero-order valence-corrected chi connectivity index (χ0v) is 27.2. The lowest BCUT2D eigenvalue weighted by atomic mass is 9.83. The van der Waals surface area contributed by atoms with E-state index in [1.807, 2.05) is 0 Å². The van der Waals surface area contributed by atoms with Crippen LogP contribution in [0.15, 0.2) is 24.3 Å². The summed E-state index contributed by atoms with van der Waals surface area (Å²) in [6.07, 6.45) is 25.1. The van der Waals surface area contributed by atoms with Gasteiger partial charge in [-0.2, -0.15) is 0 Å². The largest absolute Gasteiger partial charge is 0.398 e. The number of aryl methyl sites for hydroxylation is 2. The number of unbranched alkanes of at least 4 members (excludes halogenated alkanes) is 12. The van der Waals surface area contributed by atoms with E-state index in [4.69, 9.17) is 11.5 Å². The van der Waals surface area contributed by atoms with E-state index in [1.54, 1.807) is 0 Å². The Kier molecular flexibility index (Phi) is 17.1. The fourth-order valence-electron chi connectivity index (χ4n) is 6.38. The maximum atomic E-state index is 7.05. The molecular weight excluding hydrogens is 484 g/mol. The lowest BCUT2D eigenvalue weighted by Gasteiger charge is -2.24. The summed E-state index contributed by atoms with van der Waals surface area (Å²) in [6, 6.07) is 9.44. The molecule has 0 aliphatic heterocycles. The van der Waals surface area contributed by atoms with Gasteiger partial charge < -0.3 is 11.5 Å². The first-order chi connectivity index (χ1) is 19.5. The highest BCUT2D eigenvalue weighted by atomic mass is 14.6. The normalized spacial score (nSPS) is 11.6. The van der Waals surface area contributed by atoms with Crippen molar-refractivity contribution in [3.05, 3.63) is 57.6 Å². The average molecular weight is 549 g/mol. The molecular formula is C38H64N2. The molecule has 0 spiro atoms. The van der Waals surface area contributed by atoms with Gasteiger partial charge in [0.15, 0.2) is 0 Å². The van der Waals surface area contributed by atoms with Gasteiger partial charge in [0.2, 0.25) is 0 Å². The van der Waals surface area contributed by atoms with Gasteiger partial charge in [0.1, 0.15) is 0 Å². The van der Waals surface area contributed by atoms with Crippen molar-refractivity contribution in [3.8, 4) is 0 Å². The molecule has 0 amide bonds. The summed E-state index contributed by atoms with van der Waals surface area (Å²) in [5.41, 5.74) is 24.5. The minimum absolute atomic E-state index is 0.201. The van der Waals surface area contributed by atoms with E-state index < -0.39 is 0 Å². The Labute approximate surface area is 249 Å². The van der Waals surface area contributed by atoms with Crippen LogP contribution in [0.25, 0.3) is 0 Å². The van der Waals surface area contributed by atoms with Crippen molar-refractivity contribution in [2.45, 2.75) is 169 Å². The van der Waals surface area contributed by atoms with Crippen LogP contribution in [0.3, 0.4) is 0 Å². The van der Waals surface area contributed by atoms with Crippen molar-refractivity contribution in [1.82, 2.24) is 0 Å². The molecule has 2 rings (SSSR count). The topological polar surface area (TPSA) is 52.0 Å². The van der Waals surface area contributed by atoms with Crippen LogP contribution >= 0.6 is 0 Å². The summed E-state index contributed by atoms with van der Waals surface area (Å²) >= 11 is 0. The number of rotatable bonds is 22. The second kappa shape index (κ2) is 20.0. The molecule has 0 aliphatic rings. The van der Waals surface area contributed by atoms with Crippen LogP contribution in [0.5, 0.6) is 0 Å². The van der Waals surface area contributed by atoms with Crippen LogP contribution in [-0.4, -0.2) is 0 Å². The van der Waals surface area contributed by atoms with Crippen LogP contribution in [0.1, 0.15) is 177 Å². The number of anilines is 2. The quantitative estimate of drug-likeness (QED) is 0.113. The Morgan fingerprint density at radius 3 is 1.10 bits per heavy atom. The van der Waals surface area contributed by atoms with Crippen LogP contribution in [-0.2, 0) is 25.7 Å². The zero-order valence-electron chi connectivity index (χ0n) is 27.2. The van der Waals surface area contributed by atoms with Gasteiger partial charge in [-0.25, -0.2) is 0 Å². The molecule has 2 aromatic rings. The Morgan fingerprint density at radius 1 is 0.450 bits per heavy atom. The average Bonchev–Trinajstić information content (AvgIpc) is 2.95. The van der Waals surface area contributed by atoms with Crippen molar-refractivity contribution in [2.24, 2.45) is 0 Å². The maximum absolute atomic E-state index is 7.05.